The van der Waals surface area contributed by atoms with Crippen molar-refractivity contribution in [3.8, 4) is 0 Å². The molecule has 2 atom stereocenters. The summed E-state index contributed by atoms with van der Waals surface area (Å²) in [5.41, 5.74) is 0.419. The van der Waals surface area contributed by atoms with E-state index in [4.69, 9.17) is 0 Å². The van der Waals surface area contributed by atoms with Crippen LogP contribution >= 0.6 is 15.9 Å². The lowest BCUT2D eigenvalue weighted by Gasteiger charge is -2.18. The molecular weight excluding hydrogens is 299 g/mol. The fourth-order valence-corrected chi connectivity index (χ4v) is 3.29. The van der Waals surface area contributed by atoms with E-state index >= 15 is 0 Å². The number of hydrogen-bond acceptors (Lipinski definition) is 2. The largest absolute Gasteiger partial charge is 0.338 e. The van der Waals surface area contributed by atoms with Crippen LogP contribution in [0.15, 0.2) is 22.7 Å². The Morgan fingerprint density at radius 1 is 1.33 bits per heavy atom. The van der Waals surface area contributed by atoms with Gasteiger partial charge in [0.15, 0.2) is 0 Å². The minimum atomic E-state index is -0.387. The number of nitrogens with one attached hydrogen (secondary N) is 1. The summed E-state index contributed by atoms with van der Waals surface area (Å²) in [6, 6.07) is 4.59. The number of amides is 1. The molecule has 0 spiro atoms. The Hall–Kier alpha value is -0.940. The predicted molar refractivity (Wildman–Crippen MR) is 69.9 cm³/mol. The minimum Gasteiger partial charge on any atom is -0.338 e. The summed E-state index contributed by atoms with van der Waals surface area (Å²) in [6.45, 7) is 3.52. The van der Waals surface area contributed by atoms with Gasteiger partial charge in [-0.05, 0) is 39.9 Å². The summed E-state index contributed by atoms with van der Waals surface area (Å²) in [5, 5.41) is 3.34. The molecule has 1 aromatic rings. The van der Waals surface area contributed by atoms with Gasteiger partial charge in [-0.25, -0.2) is 4.39 Å². The number of hydrogen-bond donors (Lipinski definition) is 1. The molecule has 5 heteroatoms. The van der Waals surface area contributed by atoms with E-state index in [1.165, 1.54) is 6.07 Å². The lowest BCUT2D eigenvalue weighted by atomic mass is 10.0. The molecule has 1 N–H and O–H groups in total. The van der Waals surface area contributed by atoms with Crippen LogP contribution in [0, 0.1) is 17.7 Å². The second-order valence-corrected chi connectivity index (χ2v) is 5.78. The van der Waals surface area contributed by atoms with Crippen molar-refractivity contribution >= 4 is 21.8 Å². The normalized spacial score (nSPS) is 26.4. The van der Waals surface area contributed by atoms with Crippen LogP contribution in [0.5, 0.6) is 0 Å². The molecule has 2 heterocycles. The number of likely N-dealkylation sites (tertiary alicyclic amines) is 1. The third-order valence-corrected chi connectivity index (χ3v) is 4.66. The fourth-order valence-electron chi connectivity index (χ4n) is 2.86. The van der Waals surface area contributed by atoms with E-state index in [9.17, 15) is 9.18 Å². The van der Waals surface area contributed by atoms with E-state index in [1.807, 2.05) is 4.90 Å². The third-order valence-electron chi connectivity index (χ3n) is 3.86. The highest BCUT2D eigenvalue weighted by Gasteiger charge is 2.38. The number of carbonyl (C=O) groups is 1. The van der Waals surface area contributed by atoms with Gasteiger partial charge in [0.2, 0.25) is 0 Å². The van der Waals surface area contributed by atoms with Gasteiger partial charge in [-0.3, -0.25) is 4.79 Å². The number of benzene rings is 1. The standard InChI is InChI=1S/C13H14BrFN2O/c14-12-10(2-1-3-11(12)15)13(18)17-6-8-4-16-5-9(8)7-17/h1-3,8-9,16H,4-7H2/t8-,9+. The van der Waals surface area contributed by atoms with Crippen molar-refractivity contribution in [1.29, 1.82) is 0 Å². The van der Waals surface area contributed by atoms with Crippen molar-refractivity contribution < 1.29 is 9.18 Å². The van der Waals surface area contributed by atoms with Crippen LogP contribution in [0.25, 0.3) is 0 Å². The zero-order valence-corrected chi connectivity index (χ0v) is 11.4. The van der Waals surface area contributed by atoms with E-state index in [0.29, 0.717) is 17.4 Å². The molecule has 2 aliphatic rings. The highest BCUT2D eigenvalue weighted by molar-refractivity contribution is 9.10. The number of halogens is 2. The summed E-state index contributed by atoms with van der Waals surface area (Å²) in [6.07, 6.45) is 0. The molecule has 18 heavy (non-hydrogen) atoms. The van der Waals surface area contributed by atoms with Gasteiger partial charge in [-0.15, -0.1) is 0 Å². The Morgan fingerprint density at radius 2 is 2.00 bits per heavy atom. The minimum absolute atomic E-state index is 0.0734. The van der Waals surface area contributed by atoms with E-state index in [2.05, 4.69) is 21.2 Å². The Balaban J connectivity index is 1.81. The van der Waals surface area contributed by atoms with Crippen molar-refractivity contribution in [3.63, 3.8) is 0 Å². The molecule has 0 saturated carbocycles. The Morgan fingerprint density at radius 3 is 2.67 bits per heavy atom. The van der Waals surface area contributed by atoms with Gasteiger partial charge in [0.1, 0.15) is 5.82 Å². The van der Waals surface area contributed by atoms with Crippen LogP contribution in [-0.2, 0) is 0 Å². The van der Waals surface area contributed by atoms with Gasteiger partial charge < -0.3 is 10.2 Å². The first-order chi connectivity index (χ1) is 8.66. The smallest absolute Gasteiger partial charge is 0.255 e. The Kier molecular flexibility index (Phi) is 3.11. The molecule has 2 fully saturated rings. The number of rotatable bonds is 1. The molecule has 1 amide bonds. The van der Waals surface area contributed by atoms with Gasteiger partial charge in [0.25, 0.3) is 5.91 Å². The maximum atomic E-state index is 13.4. The molecular formula is C13H14BrFN2O. The van der Waals surface area contributed by atoms with Gasteiger partial charge in [-0.1, -0.05) is 6.07 Å². The first-order valence-electron chi connectivity index (χ1n) is 6.11. The number of carbonyl (C=O) groups excluding carboxylic acids is 1. The molecule has 3 nitrogen and oxygen atoms in total. The Labute approximate surface area is 113 Å². The van der Waals surface area contributed by atoms with Gasteiger partial charge in [-0.2, -0.15) is 0 Å². The maximum Gasteiger partial charge on any atom is 0.255 e. The van der Waals surface area contributed by atoms with Crippen LogP contribution in [0.3, 0.4) is 0 Å². The quantitative estimate of drug-likeness (QED) is 0.859. The molecule has 1 aromatic carbocycles. The van der Waals surface area contributed by atoms with Crippen LogP contribution in [-0.4, -0.2) is 37.0 Å². The molecule has 0 unspecified atom stereocenters. The predicted octanol–water partition coefficient (Wildman–Crippen LogP) is 1.88. The van der Waals surface area contributed by atoms with Crippen molar-refractivity contribution in [1.82, 2.24) is 10.2 Å². The molecule has 3 rings (SSSR count). The van der Waals surface area contributed by atoms with Crippen LogP contribution in [0.2, 0.25) is 0 Å². The molecule has 0 radical (unpaired) electrons. The monoisotopic (exact) mass is 312 g/mol. The van der Waals surface area contributed by atoms with Gasteiger partial charge >= 0.3 is 0 Å². The zero-order valence-electron chi connectivity index (χ0n) is 9.83. The van der Waals surface area contributed by atoms with Crippen LogP contribution in [0.1, 0.15) is 10.4 Å². The maximum absolute atomic E-state index is 13.4. The summed E-state index contributed by atoms with van der Waals surface area (Å²) in [5.74, 6) is 0.653. The average Bonchev–Trinajstić information content (AvgIpc) is 2.92. The van der Waals surface area contributed by atoms with Gasteiger partial charge in [0.05, 0.1) is 10.0 Å². The third kappa shape index (κ3) is 1.95. The summed E-state index contributed by atoms with van der Waals surface area (Å²) < 4.78 is 13.7. The fraction of sp³-hybridized carbons (Fsp3) is 0.462. The number of fused-ring (bicyclic) bond motifs is 1. The number of nitrogens with zero attached hydrogens (tertiary/aromatic N) is 1. The van der Waals surface area contributed by atoms with Crippen molar-refractivity contribution in [3.05, 3.63) is 34.1 Å². The molecule has 0 aromatic heterocycles. The second-order valence-electron chi connectivity index (χ2n) is 4.99. The molecule has 2 aliphatic heterocycles. The van der Waals surface area contributed by atoms with E-state index in [1.54, 1.807) is 12.1 Å². The average molecular weight is 313 g/mol. The molecule has 0 aliphatic carbocycles. The van der Waals surface area contributed by atoms with Crippen molar-refractivity contribution in [2.24, 2.45) is 11.8 Å². The highest BCUT2D eigenvalue weighted by atomic mass is 79.9. The van der Waals surface area contributed by atoms with E-state index in [-0.39, 0.29) is 16.2 Å². The van der Waals surface area contributed by atoms with Crippen LogP contribution in [0.4, 0.5) is 4.39 Å². The first-order valence-corrected chi connectivity index (χ1v) is 6.90. The van der Waals surface area contributed by atoms with Crippen molar-refractivity contribution in [2.45, 2.75) is 0 Å². The topological polar surface area (TPSA) is 32.3 Å². The summed E-state index contributed by atoms with van der Waals surface area (Å²) in [4.78, 5) is 14.2. The first kappa shape index (κ1) is 12.1. The second kappa shape index (κ2) is 4.63. The van der Waals surface area contributed by atoms with E-state index < -0.39 is 0 Å². The molecule has 2 saturated heterocycles. The van der Waals surface area contributed by atoms with E-state index in [0.717, 1.165) is 26.2 Å². The highest BCUT2D eigenvalue weighted by Crippen LogP contribution is 2.29. The molecule has 0 bridgehead atoms. The SMILES string of the molecule is O=C(c1cccc(F)c1Br)N1C[C@H]2CNC[C@H]2C1. The lowest BCUT2D eigenvalue weighted by molar-refractivity contribution is 0.0780. The summed E-state index contributed by atoms with van der Waals surface area (Å²) >= 11 is 3.15. The van der Waals surface area contributed by atoms with Crippen molar-refractivity contribution in [2.75, 3.05) is 26.2 Å². The zero-order chi connectivity index (χ0) is 12.7. The lowest BCUT2D eigenvalue weighted by Crippen LogP contribution is -2.32. The van der Waals surface area contributed by atoms with Gasteiger partial charge in [0, 0.05) is 26.2 Å². The summed E-state index contributed by atoms with van der Waals surface area (Å²) in [7, 11) is 0. The van der Waals surface area contributed by atoms with Crippen LogP contribution < -0.4 is 5.32 Å². The Bertz CT molecular complexity index is 482. The molecule has 96 valence electrons.